The number of hydrogen-bond acceptors (Lipinski definition) is 1. The van der Waals surface area contributed by atoms with Gasteiger partial charge in [-0.05, 0) is 42.9 Å². The maximum atomic E-state index is 10.6. The highest BCUT2D eigenvalue weighted by Crippen LogP contribution is 2.47. The zero-order chi connectivity index (χ0) is 12.9. The molecule has 1 nitrogen and oxygen atoms in total. The van der Waals surface area contributed by atoms with E-state index in [0.29, 0.717) is 5.92 Å². The summed E-state index contributed by atoms with van der Waals surface area (Å²) in [6.07, 6.45) is 9.81. The average Bonchev–Trinajstić information content (AvgIpc) is 2.65. The molecule has 102 valence electrons. The van der Waals surface area contributed by atoms with Crippen LogP contribution in [0.15, 0.2) is 0 Å². The molecule has 0 aromatic rings. The summed E-state index contributed by atoms with van der Waals surface area (Å²) in [5, 5.41) is 10.6. The summed E-state index contributed by atoms with van der Waals surface area (Å²) >= 11 is 0. The third-order valence-electron chi connectivity index (χ3n) is 4.38. The Balaban J connectivity index is 2.46. The van der Waals surface area contributed by atoms with E-state index in [-0.39, 0.29) is 11.5 Å². The van der Waals surface area contributed by atoms with Crippen molar-refractivity contribution in [3.05, 3.63) is 0 Å². The van der Waals surface area contributed by atoms with Gasteiger partial charge in [-0.2, -0.15) is 0 Å². The first kappa shape index (κ1) is 15.0. The van der Waals surface area contributed by atoms with Crippen LogP contribution in [0.1, 0.15) is 79.1 Å². The second kappa shape index (κ2) is 6.78. The average molecular weight is 240 g/mol. The van der Waals surface area contributed by atoms with Gasteiger partial charge in [0.25, 0.3) is 0 Å². The van der Waals surface area contributed by atoms with Crippen molar-refractivity contribution in [3.8, 4) is 0 Å². The van der Waals surface area contributed by atoms with Crippen LogP contribution >= 0.6 is 0 Å². The van der Waals surface area contributed by atoms with Crippen molar-refractivity contribution in [3.63, 3.8) is 0 Å². The molecule has 1 atom stereocenters. The fourth-order valence-corrected chi connectivity index (χ4v) is 3.59. The lowest BCUT2D eigenvalue weighted by molar-refractivity contribution is 0.00499. The summed E-state index contributed by atoms with van der Waals surface area (Å²) in [5.74, 6) is 1.49. The predicted octanol–water partition coefficient (Wildman–Crippen LogP) is 4.78. The molecule has 1 unspecified atom stereocenters. The van der Waals surface area contributed by atoms with Gasteiger partial charge in [0.05, 0.1) is 6.10 Å². The smallest absolute Gasteiger partial charge is 0.0596 e. The van der Waals surface area contributed by atoms with Gasteiger partial charge < -0.3 is 5.11 Å². The first-order valence-electron chi connectivity index (χ1n) is 7.64. The van der Waals surface area contributed by atoms with Crippen molar-refractivity contribution in [2.75, 3.05) is 0 Å². The van der Waals surface area contributed by atoms with E-state index in [1.165, 1.54) is 44.9 Å². The van der Waals surface area contributed by atoms with Gasteiger partial charge in [0, 0.05) is 0 Å². The summed E-state index contributed by atoms with van der Waals surface area (Å²) in [4.78, 5) is 0. The van der Waals surface area contributed by atoms with E-state index in [9.17, 15) is 5.11 Å². The summed E-state index contributed by atoms with van der Waals surface area (Å²) in [7, 11) is 0. The van der Waals surface area contributed by atoms with Gasteiger partial charge in [-0.15, -0.1) is 0 Å². The largest absolute Gasteiger partial charge is 0.393 e. The molecule has 17 heavy (non-hydrogen) atoms. The van der Waals surface area contributed by atoms with Crippen LogP contribution < -0.4 is 0 Å². The van der Waals surface area contributed by atoms with Crippen LogP contribution in [0.2, 0.25) is 0 Å². The summed E-state index contributed by atoms with van der Waals surface area (Å²) < 4.78 is 0. The van der Waals surface area contributed by atoms with Crippen molar-refractivity contribution in [2.45, 2.75) is 85.2 Å². The quantitative estimate of drug-likeness (QED) is 0.679. The third-order valence-corrected chi connectivity index (χ3v) is 4.38. The SMILES string of the molecule is CC(C)CCCC(O)C1(CC(C)C)CCCC1. The van der Waals surface area contributed by atoms with Gasteiger partial charge in [-0.25, -0.2) is 0 Å². The van der Waals surface area contributed by atoms with Crippen LogP contribution in [0.25, 0.3) is 0 Å². The Labute approximate surface area is 108 Å². The molecule has 1 heteroatoms. The Hall–Kier alpha value is -0.0400. The fourth-order valence-electron chi connectivity index (χ4n) is 3.59. The molecular weight excluding hydrogens is 208 g/mol. The zero-order valence-corrected chi connectivity index (χ0v) is 12.3. The maximum Gasteiger partial charge on any atom is 0.0596 e. The standard InChI is InChI=1S/C16H32O/c1-13(2)8-7-9-15(17)16(12-14(3)4)10-5-6-11-16/h13-15,17H,5-12H2,1-4H3. The van der Waals surface area contributed by atoms with Crippen LogP contribution in [0.4, 0.5) is 0 Å². The molecule has 1 aliphatic carbocycles. The molecule has 0 aromatic heterocycles. The van der Waals surface area contributed by atoms with Crippen molar-refractivity contribution in [2.24, 2.45) is 17.3 Å². The summed E-state index contributed by atoms with van der Waals surface area (Å²) in [5.41, 5.74) is 0.269. The molecule has 1 rings (SSSR count). The van der Waals surface area contributed by atoms with E-state index in [4.69, 9.17) is 0 Å². The molecule has 1 aliphatic rings. The van der Waals surface area contributed by atoms with E-state index in [1.807, 2.05) is 0 Å². The van der Waals surface area contributed by atoms with Gasteiger partial charge in [0.15, 0.2) is 0 Å². The van der Waals surface area contributed by atoms with Gasteiger partial charge in [0.1, 0.15) is 0 Å². The Morgan fingerprint density at radius 2 is 1.53 bits per heavy atom. The van der Waals surface area contributed by atoms with E-state index < -0.39 is 0 Å². The highest BCUT2D eigenvalue weighted by Gasteiger charge is 2.40. The second-order valence-corrected chi connectivity index (χ2v) is 7.01. The Morgan fingerprint density at radius 3 is 2.00 bits per heavy atom. The lowest BCUT2D eigenvalue weighted by Crippen LogP contribution is -2.34. The molecular formula is C16H32O. The molecule has 0 amide bonds. The fraction of sp³-hybridized carbons (Fsp3) is 1.00. The van der Waals surface area contributed by atoms with Crippen molar-refractivity contribution in [1.82, 2.24) is 0 Å². The van der Waals surface area contributed by atoms with Crippen LogP contribution in [0, 0.1) is 17.3 Å². The molecule has 0 bridgehead atoms. The minimum absolute atomic E-state index is 0.0499. The van der Waals surface area contributed by atoms with Crippen LogP contribution in [-0.2, 0) is 0 Å². The Kier molecular flexibility index (Phi) is 5.99. The molecule has 0 aliphatic heterocycles. The van der Waals surface area contributed by atoms with E-state index in [0.717, 1.165) is 12.3 Å². The lowest BCUT2D eigenvalue weighted by Gasteiger charge is -2.36. The van der Waals surface area contributed by atoms with Crippen LogP contribution in [-0.4, -0.2) is 11.2 Å². The number of hydrogen-bond donors (Lipinski definition) is 1. The molecule has 0 saturated heterocycles. The van der Waals surface area contributed by atoms with Crippen LogP contribution in [0.3, 0.4) is 0 Å². The first-order chi connectivity index (χ1) is 7.96. The first-order valence-corrected chi connectivity index (χ1v) is 7.64. The number of rotatable bonds is 7. The van der Waals surface area contributed by atoms with Gasteiger partial charge in [-0.3, -0.25) is 0 Å². The predicted molar refractivity (Wildman–Crippen MR) is 75.1 cm³/mol. The van der Waals surface area contributed by atoms with E-state index in [2.05, 4.69) is 27.7 Å². The minimum atomic E-state index is -0.0499. The molecule has 1 saturated carbocycles. The second-order valence-electron chi connectivity index (χ2n) is 7.01. The summed E-state index contributed by atoms with van der Waals surface area (Å²) in [6, 6.07) is 0. The molecule has 0 heterocycles. The number of aliphatic hydroxyl groups is 1. The molecule has 0 aromatic carbocycles. The maximum absolute atomic E-state index is 10.6. The third kappa shape index (κ3) is 4.62. The zero-order valence-electron chi connectivity index (χ0n) is 12.3. The van der Waals surface area contributed by atoms with Gasteiger partial charge in [0.2, 0.25) is 0 Å². The van der Waals surface area contributed by atoms with E-state index in [1.54, 1.807) is 0 Å². The minimum Gasteiger partial charge on any atom is -0.393 e. The van der Waals surface area contributed by atoms with Crippen molar-refractivity contribution in [1.29, 1.82) is 0 Å². The lowest BCUT2D eigenvalue weighted by atomic mass is 9.72. The van der Waals surface area contributed by atoms with Gasteiger partial charge >= 0.3 is 0 Å². The molecule has 0 spiro atoms. The highest BCUT2D eigenvalue weighted by atomic mass is 16.3. The van der Waals surface area contributed by atoms with Gasteiger partial charge in [-0.1, -0.05) is 53.4 Å². The molecule has 1 N–H and O–H groups in total. The summed E-state index contributed by atoms with van der Waals surface area (Å²) in [6.45, 7) is 9.12. The monoisotopic (exact) mass is 240 g/mol. The van der Waals surface area contributed by atoms with E-state index >= 15 is 0 Å². The Bertz CT molecular complexity index is 202. The number of aliphatic hydroxyl groups excluding tert-OH is 1. The van der Waals surface area contributed by atoms with Crippen LogP contribution in [0.5, 0.6) is 0 Å². The topological polar surface area (TPSA) is 20.2 Å². The molecule has 1 fully saturated rings. The Morgan fingerprint density at radius 1 is 0.941 bits per heavy atom. The normalized spacial score (nSPS) is 21.4. The molecule has 0 radical (unpaired) electrons. The van der Waals surface area contributed by atoms with Crippen molar-refractivity contribution >= 4 is 0 Å². The highest BCUT2D eigenvalue weighted by molar-refractivity contribution is 4.91. The van der Waals surface area contributed by atoms with Crippen molar-refractivity contribution < 1.29 is 5.11 Å².